The molecule has 0 spiro atoms. The summed E-state index contributed by atoms with van der Waals surface area (Å²) in [5, 5.41) is 3.17. The van der Waals surface area contributed by atoms with Gasteiger partial charge in [-0.25, -0.2) is 0 Å². The molecule has 0 radical (unpaired) electrons. The molecule has 0 amide bonds. The summed E-state index contributed by atoms with van der Waals surface area (Å²) in [5.41, 5.74) is 0. The van der Waals surface area contributed by atoms with Crippen LogP contribution in [0.25, 0.3) is 0 Å². The highest BCUT2D eigenvalue weighted by atomic mass is 14.8. The molecule has 0 aromatic heterocycles. The molecule has 0 aromatic rings. The normalized spacial score (nSPS) is 14.1. The molecule has 0 fully saturated rings. The van der Waals surface area contributed by atoms with Crippen molar-refractivity contribution in [2.75, 3.05) is 7.05 Å². The molecule has 0 unspecified atom stereocenters. The molecule has 1 atom stereocenters. The fourth-order valence-electron chi connectivity index (χ4n) is 0.577. The number of nitrogens with one attached hydrogen (secondary N) is 1. The van der Waals surface area contributed by atoms with Crippen LogP contribution in [0.5, 0.6) is 0 Å². The van der Waals surface area contributed by atoms with Gasteiger partial charge in [-0.15, -0.1) is 0 Å². The van der Waals surface area contributed by atoms with E-state index in [1.807, 2.05) is 7.05 Å². The maximum absolute atomic E-state index is 3.17. The van der Waals surface area contributed by atoms with Crippen molar-refractivity contribution in [3.05, 3.63) is 0 Å². The van der Waals surface area contributed by atoms with Crippen LogP contribution in [0.1, 0.15) is 28.1 Å². The second-order valence-electron chi connectivity index (χ2n) is 1.98. The Bertz CT molecular complexity index is 39.5. The van der Waals surface area contributed by atoms with Gasteiger partial charge in [0.2, 0.25) is 0 Å². The van der Waals surface area contributed by atoms with Gasteiger partial charge in [0.1, 0.15) is 0 Å². The molecule has 0 rings (SSSR count). The maximum Gasteiger partial charge on any atom is 0.00356 e. The molecule has 0 aliphatic carbocycles. The zero-order chi connectivity index (χ0) is 5.70. The van der Waals surface area contributed by atoms with Gasteiger partial charge in [-0.3, -0.25) is 0 Å². The predicted molar refractivity (Wildman–Crippen MR) is 35.5 cm³/mol. The van der Waals surface area contributed by atoms with E-state index in [0.717, 1.165) is 0 Å². The zero-order valence-corrected chi connectivity index (χ0v) is 5.49. The molecule has 0 aromatic carbocycles. The van der Waals surface area contributed by atoms with E-state index in [-0.39, 0.29) is 1.43 Å². The van der Waals surface area contributed by atoms with Gasteiger partial charge in [0.15, 0.2) is 0 Å². The second-order valence-corrected chi connectivity index (χ2v) is 1.98. The molecule has 0 saturated heterocycles. The van der Waals surface area contributed by atoms with Crippen molar-refractivity contribution in [1.82, 2.24) is 5.32 Å². The molecular weight excluding hydrogens is 86.1 g/mol. The lowest BCUT2D eigenvalue weighted by molar-refractivity contribution is 0.557. The van der Waals surface area contributed by atoms with Crippen molar-refractivity contribution >= 4 is 0 Å². The van der Waals surface area contributed by atoms with Gasteiger partial charge in [-0.05, 0) is 20.4 Å². The Hall–Kier alpha value is -0.0400. The minimum Gasteiger partial charge on any atom is -0.317 e. The summed E-state index contributed by atoms with van der Waals surface area (Å²) in [6, 6.07) is 0.699. The van der Waals surface area contributed by atoms with Crippen LogP contribution in [0.15, 0.2) is 0 Å². The Morgan fingerprint density at radius 2 is 2.29 bits per heavy atom. The van der Waals surface area contributed by atoms with Crippen molar-refractivity contribution < 1.29 is 1.43 Å². The van der Waals surface area contributed by atoms with E-state index in [1.54, 1.807) is 0 Å². The third-order valence-corrected chi connectivity index (χ3v) is 1.21. The van der Waals surface area contributed by atoms with Gasteiger partial charge in [0.25, 0.3) is 0 Å². The van der Waals surface area contributed by atoms with Crippen LogP contribution in [0.4, 0.5) is 0 Å². The summed E-state index contributed by atoms with van der Waals surface area (Å²) < 4.78 is 0. The average Bonchev–Trinajstić information content (AvgIpc) is 1.68. The van der Waals surface area contributed by atoms with Gasteiger partial charge >= 0.3 is 0 Å². The lowest BCUT2D eigenvalue weighted by Gasteiger charge is -2.05. The Morgan fingerprint density at radius 3 is 2.43 bits per heavy atom. The van der Waals surface area contributed by atoms with Crippen LogP contribution in [-0.4, -0.2) is 13.1 Å². The first-order valence-electron chi connectivity index (χ1n) is 2.98. The van der Waals surface area contributed by atoms with Crippen molar-refractivity contribution in [1.29, 1.82) is 0 Å². The van der Waals surface area contributed by atoms with E-state index in [4.69, 9.17) is 0 Å². The first kappa shape index (κ1) is 6.96. The number of hydrogen-bond acceptors (Lipinski definition) is 1. The van der Waals surface area contributed by atoms with E-state index < -0.39 is 0 Å². The summed E-state index contributed by atoms with van der Waals surface area (Å²) in [7, 11) is 2.00. The summed E-state index contributed by atoms with van der Waals surface area (Å²) in [5.74, 6) is 0. The topological polar surface area (TPSA) is 12.0 Å². The Labute approximate surface area is 47.6 Å². The fraction of sp³-hybridized carbons (Fsp3) is 1.00. The molecule has 0 saturated carbocycles. The average molecular weight is 103 g/mol. The lowest BCUT2D eigenvalue weighted by atomic mass is 10.2. The lowest BCUT2D eigenvalue weighted by Crippen LogP contribution is -2.20. The third-order valence-electron chi connectivity index (χ3n) is 1.21. The quantitative estimate of drug-likeness (QED) is 0.572. The Morgan fingerprint density at radius 1 is 1.71 bits per heavy atom. The van der Waals surface area contributed by atoms with Crippen LogP contribution < -0.4 is 5.32 Å². The summed E-state index contributed by atoms with van der Waals surface area (Å²) in [4.78, 5) is 0. The summed E-state index contributed by atoms with van der Waals surface area (Å²) in [6.07, 6.45) is 2.57. The molecule has 0 aliphatic rings. The van der Waals surface area contributed by atoms with E-state index in [9.17, 15) is 0 Å². The highest BCUT2D eigenvalue weighted by molar-refractivity contribution is 4.52. The summed E-state index contributed by atoms with van der Waals surface area (Å²) >= 11 is 0. The Balaban J connectivity index is 0. The number of hydrogen-bond donors (Lipinski definition) is 1. The highest BCUT2D eigenvalue weighted by Crippen LogP contribution is 1.91. The van der Waals surface area contributed by atoms with Crippen LogP contribution in [0.3, 0.4) is 0 Å². The van der Waals surface area contributed by atoms with Crippen LogP contribution >= 0.6 is 0 Å². The highest BCUT2D eigenvalue weighted by Gasteiger charge is 1.91. The van der Waals surface area contributed by atoms with E-state index in [2.05, 4.69) is 19.2 Å². The number of rotatable bonds is 3. The van der Waals surface area contributed by atoms with Gasteiger partial charge in [-0.1, -0.05) is 13.3 Å². The molecular formula is C6H17N. The van der Waals surface area contributed by atoms with Crippen LogP contribution in [0, 0.1) is 0 Å². The molecule has 46 valence electrons. The van der Waals surface area contributed by atoms with Crippen LogP contribution in [0.2, 0.25) is 0 Å². The molecule has 0 heterocycles. The van der Waals surface area contributed by atoms with Crippen molar-refractivity contribution in [3.63, 3.8) is 0 Å². The molecule has 1 heteroatoms. The molecule has 0 bridgehead atoms. The van der Waals surface area contributed by atoms with Crippen molar-refractivity contribution in [3.8, 4) is 0 Å². The van der Waals surface area contributed by atoms with Crippen molar-refractivity contribution in [2.45, 2.75) is 32.7 Å². The predicted octanol–water partition coefficient (Wildman–Crippen LogP) is 1.64. The fourth-order valence-corrected chi connectivity index (χ4v) is 0.577. The third kappa shape index (κ3) is 3.80. The SMILES string of the molecule is CCC[C@@H](C)NC.[HH]. The largest absolute Gasteiger partial charge is 0.317 e. The minimum atomic E-state index is 0. The van der Waals surface area contributed by atoms with Gasteiger partial charge in [-0.2, -0.15) is 0 Å². The molecule has 0 aliphatic heterocycles. The second kappa shape index (κ2) is 4.13. The summed E-state index contributed by atoms with van der Waals surface area (Å²) in [6.45, 7) is 4.40. The molecule has 7 heavy (non-hydrogen) atoms. The first-order valence-corrected chi connectivity index (χ1v) is 2.98. The zero-order valence-electron chi connectivity index (χ0n) is 5.49. The van der Waals surface area contributed by atoms with Gasteiger partial charge in [0.05, 0.1) is 0 Å². The molecule has 1 N–H and O–H groups in total. The van der Waals surface area contributed by atoms with E-state index in [0.29, 0.717) is 6.04 Å². The molecule has 1 nitrogen and oxygen atoms in total. The standard InChI is InChI=1S/C6H15N.H2/c1-4-5-6(2)7-3;/h6-7H,4-5H2,1-3H3;1H/t6-;/m1./s1. The maximum atomic E-state index is 3.17. The van der Waals surface area contributed by atoms with E-state index >= 15 is 0 Å². The van der Waals surface area contributed by atoms with Crippen molar-refractivity contribution in [2.24, 2.45) is 0 Å². The minimum absolute atomic E-state index is 0. The smallest absolute Gasteiger partial charge is 0.00356 e. The van der Waals surface area contributed by atoms with Gasteiger partial charge in [0, 0.05) is 7.47 Å². The first-order chi connectivity index (χ1) is 3.31. The van der Waals surface area contributed by atoms with Crippen LogP contribution in [-0.2, 0) is 0 Å². The van der Waals surface area contributed by atoms with Gasteiger partial charge < -0.3 is 5.32 Å². The van der Waals surface area contributed by atoms with E-state index in [1.165, 1.54) is 12.8 Å². The Kier molecular flexibility index (Phi) is 4.10. The monoisotopic (exact) mass is 103 g/mol.